The quantitative estimate of drug-likeness (QED) is 0.882. The summed E-state index contributed by atoms with van der Waals surface area (Å²) in [5.74, 6) is -0.572. The van der Waals surface area contributed by atoms with Gasteiger partial charge in [0, 0.05) is 23.5 Å². The van der Waals surface area contributed by atoms with Crippen molar-refractivity contribution >= 4 is 23.3 Å². The number of benzene rings is 2. The van der Waals surface area contributed by atoms with Crippen LogP contribution in [0, 0.1) is 0 Å². The maximum atomic E-state index is 13.0. The molecule has 0 aromatic heterocycles. The van der Waals surface area contributed by atoms with Crippen LogP contribution in [0.2, 0.25) is 0 Å². The lowest BCUT2D eigenvalue weighted by atomic mass is 9.85. The maximum absolute atomic E-state index is 13.0. The van der Waals surface area contributed by atoms with Gasteiger partial charge >= 0.3 is 5.97 Å². The number of amides is 1. The van der Waals surface area contributed by atoms with Crippen LogP contribution in [0.3, 0.4) is 0 Å². The summed E-state index contributed by atoms with van der Waals surface area (Å²) in [6.45, 7) is 0.693. The van der Waals surface area contributed by atoms with Crippen molar-refractivity contribution in [1.82, 2.24) is 0 Å². The summed E-state index contributed by atoms with van der Waals surface area (Å²) in [7, 11) is 1.35. The van der Waals surface area contributed by atoms with E-state index in [0.29, 0.717) is 6.54 Å². The number of carbonyl (C=O) groups excluding carboxylic acids is 2. The number of nitrogens with one attached hydrogen (secondary N) is 1. The first kappa shape index (κ1) is 14.8. The molecule has 1 amide bonds. The highest BCUT2D eigenvalue weighted by Gasteiger charge is 2.54. The standard InChI is InChI=1S/C19H18N2O3/c1-24-17(22)12-19(14-7-3-4-8-15(14)20-18(19)23)21-11-10-13-6-2-5-9-16(13)21/h2-9H,10-12H2,1H3,(H,20,23)/t19-/m0/s1. The molecular weight excluding hydrogens is 304 g/mol. The monoisotopic (exact) mass is 322 g/mol. The van der Waals surface area contributed by atoms with Gasteiger partial charge in [0.05, 0.1) is 13.5 Å². The summed E-state index contributed by atoms with van der Waals surface area (Å²) in [5, 5.41) is 2.94. The normalized spacial score (nSPS) is 21.2. The zero-order valence-electron chi connectivity index (χ0n) is 13.4. The Morgan fingerprint density at radius 3 is 2.79 bits per heavy atom. The second kappa shape index (κ2) is 5.37. The SMILES string of the molecule is COC(=O)C[C@@]1(N2CCc3ccccc32)C(=O)Nc2ccccc21. The molecule has 2 aliphatic heterocycles. The second-order valence-electron chi connectivity index (χ2n) is 6.14. The molecule has 0 bridgehead atoms. The van der Waals surface area contributed by atoms with Crippen LogP contribution in [-0.4, -0.2) is 25.5 Å². The summed E-state index contributed by atoms with van der Waals surface area (Å²) in [6.07, 6.45) is 0.842. The predicted molar refractivity (Wildman–Crippen MR) is 90.9 cm³/mol. The number of carbonyl (C=O) groups is 2. The van der Waals surface area contributed by atoms with Crippen LogP contribution in [0.5, 0.6) is 0 Å². The fraction of sp³-hybridized carbons (Fsp3) is 0.263. The van der Waals surface area contributed by atoms with Crippen molar-refractivity contribution in [1.29, 1.82) is 0 Å². The van der Waals surface area contributed by atoms with Crippen LogP contribution < -0.4 is 10.2 Å². The molecule has 122 valence electrons. The molecule has 1 atom stereocenters. The molecule has 0 aliphatic carbocycles. The average molecular weight is 322 g/mol. The molecule has 2 aliphatic rings. The van der Waals surface area contributed by atoms with Gasteiger partial charge in [0.15, 0.2) is 5.54 Å². The first-order valence-electron chi connectivity index (χ1n) is 8.00. The van der Waals surface area contributed by atoms with Gasteiger partial charge < -0.3 is 15.0 Å². The first-order chi connectivity index (χ1) is 11.7. The fourth-order valence-electron chi connectivity index (χ4n) is 3.86. The van der Waals surface area contributed by atoms with Crippen LogP contribution >= 0.6 is 0 Å². The molecule has 0 saturated carbocycles. The number of anilines is 2. The van der Waals surface area contributed by atoms with Gasteiger partial charge in [-0.1, -0.05) is 36.4 Å². The lowest BCUT2D eigenvalue weighted by Gasteiger charge is -2.38. The minimum absolute atomic E-state index is 0.0132. The van der Waals surface area contributed by atoms with Crippen LogP contribution in [0.1, 0.15) is 17.5 Å². The van der Waals surface area contributed by atoms with Gasteiger partial charge in [0.25, 0.3) is 5.91 Å². The van der Waals surface area contributed by atoms with Gasteiger partial charge in [0.2, 0.25) is 0 Å². The van der Waals surface area contributed by atoms with Crippen molar-refractivity contribution in [2.24, 2.45) is 0 Å². The highest BCUT2D eigenvalue weighted by molar-refractivity contribution is 6.10. The first-order valence-corrected chi connectivity index (χ1v) is 8.00. The van der Waals surface area contributed by atoms with Gasteiger partial charge in [-0.2, -0.15) is 0 Å². The largest absolute Gasteiger partial charge is 0.469 e. The van der Waals surface area contributed by atoms with Gasteiger partial charge in [-0.25, -0.2) is 0 Å². The molecule has 2 aromatic rings. The Labute approximate surface area is 140 Å². The Balaban J connectivity index is 1.91. The Morgan fingerprint density at radius 1 is 1.21 bits per heavy atom. The summed E-state index contributed by atoms with van der Waals surface area (Å²) in [4.78, 5) is 27.3. The number of methoxy groups -OCH3 is 1. The summed E-state index contributed by atoms with van der Waals surface area (Å²) in [6, 6.07) is 15.6. The number of rotatable bonds is 3. The minimum atomic E-state index is -1.06. The van der Waals surface area contributed by atoms with E-state index in [4.69, 9.17) is 4.74 Å². The summed E-state index contributed by atoms with van der Waals surface area (Å²) >= 11 is 0. The van der Waals surface area contributed by atoms with Gasteiger partial charge in [0.1, 0.15) is 0 Å². The number of hydrogen-bond acceptors (Lipinski definition) is 4. The molecule has 0 unspecified atom stereocenters. The molecule has 4 rings (SSSR count). The molecule has 2 heterocycles. The molecule has 24 heavy (non-hydrogen) atoms. The Bertz CT molecular complexity index is 833. The molecule has 5 nitrogen and oxygen atoms in total. The molecule has 0 fully saturated rings. The minimum Gasteiger partial charge on any atom is -0.469 e. The van der Waals surface area contributed by atoms with Crippen molar-refractivity contribution in [2.45, 2.75) is 18.4 Å². The molecule has 0 radical (unpaired) electrons. The van der Waals surface area contributed by atoms with Crippen molar-refractivity contribution < 1.29 is 14.3 Å². The predicted octanol–water partition coefficient (Wildman–Crippen LogP) is 2.46. The molecule has 0 spiro atoms. The lowest BCUT2D eigenvalue weighted by Crippen LogP contribution is -2.52. The van der Waals surface area contributed by atoms with Crippen molar-refractivity contribution in [3.05, 3.63) is 59.7 Å². The van der Waals surface area contributed by atoms with E-state index in [1.807, 2.05) is 42.5 Å². The number of ether oxygens (including phenoxy) is 1. The third kappa shape index (κ3) is 1.94. The third-order valence-electron chi connectivity index (χ3n) is 4.97. The average Bonchev–Trinajstić information content (AvgIpc) is 3.15. The number of nitrogens with zero attached hydrogens (tertiary/aromatic N) is 1. The van der Waals surface area contributed by atoms with E-state index in [1.54, 1.807) is 0 Å². The van der Waals surface area contributed by atoms with Gasteiger partial charge in [-0.3, -0.25) is 9.59 Å². The van der Waals surface area contributed by atoms with Gasteiger partial charge in [-0.15, -0.1) is 0 Å². The highest BCUT2D eigenvalue weighted by Crippen LogP contribution is 2.47. The Kier molecular flexibility index (Phi) is 3.30. The second-order valence-corrected chi connectivity index (χ2v) is 6.14. The number of fused-ring (bicyclic) bond motifs is 2. The van der Waals surface area contributed by atoms with E-state index in [1.165, 1.54) is 12.7 Å². The molecular formula is C19H18N2O3. The van der Waals surface area contributed by atoms with E-state index in [2.05, 4.69) is 16.3 Å². The molecule has 0 saturated heterocycles. The van der Waals surface area contributed by atoms with Crippen LogP contribution in [0.15, 0.2) is 48.5 Å². The fourth-order valence-corrected chi connectivity index (χ4v) is 3.86. The van der Waals surface area contributed by atoms with E-state index in [9.17, 15) is 9.59 Å². The zero-order chi connectivity index (χ0) is 16.7. The van der Waals surface area contributed by atoms with Crippen molar-refractivity contribution in [2.75, 3.05) is 23.9 Å². The molecule has 1 N–H and O–H groups in total. The smallest absolute Gasteiger partial charge is 0.308 e. The topological polar surface area (TPSA) is 58.6 Å². The highest BCUT2D eigenvalue weighted by atomic mass is 16.5. The van der Waals surface area contributed by atoms with E-state index in [-0.39, 0.29) is 12.3 Å². The van der Waals surface area contributed by atoms with Crippen LogP contribution in [0.25, 0.3) is 0 Å². The lowest BCUT2D eigenvalue weighted by molar-refractivity contribution is -0.144. The van der Waals surface area contributed by atoms with Crippen LogP contribution in [-0.2, 0) is 26.3 Å². The van der Waals surface area contributed by atoms with E-state index in [0.717, 1.165) is 23.4 Å². The summed E-state index contributed by atoms with van der Waals surface area (Å²) < 4.78 is 4.90. The zero-order valence-corrected chi connectivity index (χ0v) is 13.4. The van der Waals surface area contributed by atoms with Crippen molar-refractivity contribution in [3.63, 3.8) is 0 Å². The molecule has 5 heteroatoms. The number of esters is 1. The summed E-state index contributed by atoms with van der Waals surface area (Å²) in [5.41, 5.74) is 2.73. The molecule has 2 aromatic carbocycles. The number of hydrogen-bond donors (Lipinski definition) is 1. The number of para-hydroxylation sites is 2. The Hall–Kier alpha value is -2.82. The van der Waals surface area contributed by atoms with Crippen molar-refractivity contribution in [3.8, 4) is 0 Å². The van der Waals surface area contributed by atoms with Gasteiger partial charge in [-0.05, 0) is 24.1 Å². The Morgan fingerprint density at radius 2 is 1.96 bits per heavy atom. The van der Waals surface area contributed by atoms with E-state index >= 15 is 0 Å². The van der Waals surface area contributed by atoms with Crippen LogP contribution in [0.4, 0.5) is 11.4 Å². The maximum Gasteiger partial charge on any atom is 0.308 e. The third-order valence-corrected chi connectivity index (χ3v) is 4.97. The van der Waals surface area contributed by atoms with E-state index < -0.39 is 11.5 Å².